The van der Waals surface area contributed by atoms with Gasteiger partial charge >= 0.3 is 6.03 Å². The van der Waals surface area contributed by atoms with Gasteiger partial charge in [-0.15, -0.1) is 10.2 Å². The van der Waals surface area contributed by atoms with Crippen LogP contribution in [0.5, 0.6) is 0 Å². The molecule has 11 nitrogen and oxygen atoms in total. The number of guanidine groups is 2. The van der Waals surface area contributed by atoms with Gasteiger partial charge in [0.15, 0.2) is 0 Å². The number of amides is 2. The molecule has 0 radical (unpaired) electrons. The summed E-state index contributed by atoms with van der Waals surface area (Å²) in [6, 6.07) is 13.7. The predicted molar refractivity (Wildman–Crippen MR) is 117 cm³/mol. The molecule has 2 aromatic rings. The maximum Gasteiger partial charge on any atom is 0.323 e. The number of carbonyl (C=O) groups excluding carboxylic acids is 1. The summed E-state index contributed by atoms with van der Waals surface area (Å²) in [4.78, 5) is 12.1. The van der Waals surface area contributed by atoms with Gasteiger partial charge in [-0.2, -0.15) is 10.2 Å². The van der Waals surface area contributed by atoms with Crippen LogP contribution < -0.4 is 33.6 Å². The molecular weight excluding hydrogens is 372 g/mol. The number of benzene rings is 2. The number of nitrogens with zero attached hydrogens (tertiary/aromatic N) is 4. The van der Waals surface area contributed by atoms with Crippen molar-refractivity contribution in [2.24, 2.45) is 43.3 Å². The fraction of sp³-hybridized carbons (Fsp3) is 0.0556. The maximum absolute atomic E-state index is 12.1. The second-order valence-corrected chi connectivity index (χ2v) is 5.76. The molecule has 0 saturated carbocycles. The summed E-state index contributed by atoms with van der Waals surface area (Å²) < 4.78 is 0. The van der Waals surface area contributed by atoms with E-state index >= 15 is 0 Å². The van der Waals surface area contributed by atoms with Crippen LogP contribution in [0.3, 0.4) is 0 Å². The minimum absolute atomic E-state index is 0.117. The number of anilines is 2. The third-order valence-electron chi connectivity index (χ3n) is 3.42. The van der Waals surface area contributed by atoms with E-state index in [4.69, 9.17) is 22.9 Å². The fourth-order valence-corrected chi connectivity index (χ4v) is 2.09. The Morgan fingerprint density at radius 3 is 1.83 bits per heavy atom. The van der Waals surface area contributed by atoms with Crippen molar-refractivity contribution in [3.05, 3.63) is 59.7 Å². The van der Waals surface area contributed by atoms with Gasteiger partial charge in [-0.3, -0.25) is 0 Å². The van der Waals surface area contributed by atoms with Crippen LogP contribution in [0.4, 0.5) is 16.2 Å². The molecule has 29 heavy (non-hydrogen) atoms. The van der Waals surface area contributed by atoms with Crippen molar-refractivity contribution >= 4 is 41.3 Å². The number of urea groups is 1. The van der Waals surface area contributed by atoms with Crippen LogP contribution in [0.25, 0.3) is 0 Å². The van der Waals surface area contributed by atoms with Crippen LogP contribution in [0.1, 0.15) is 18.1 Å². The van der Waals surface area contributed by atoms with Crippen LogP contribution in [-0.4, -0.2) is 29.9 Å². The van der Waals surface area contributed by atoms with E-state index < -0.39 is 0 Å². The van der Waals surface area contributed by atoms with E-state index in [0.29, 0.717) is 17.1 Å². The first-order chi connectivity index (χ1) is 13.8. The van der Waals surface area contributed by atoms with Crippen molar-refractivity contribution < 1.29 is 4.79 Å². The van der Waals surface area contributed by atoms with Crippen LogP contribution in [0.15, 0.2) is 68.9 Å². The third kappa shape index (κ3) is 7.38. The number of carbonyl (C=O) groups is 1. The molecule has 150 valence electrons. The fourth-order valence-electron chi connectivity index (χ4n) is 2.09. The van der Waals surface area contributed by atoms with E-state index in [-0.39, 0.29) is 18.0 Å². The number of hydrogen-bond donors (Lipinski definition) is 6. The molecule has 0 bridgehead atoms. The van der Waals surface area contributed by atoms with Crippen molar-refractivity contribution in [1.82, 2.24) is 0 Å². The second-order valence-electron chi connectivity index (χ2n) is 5.76. The molecule has 0 fully saturated rings. The van der Waals surface area contributed by atoms with Gasteiger partial charge in [0.25, 0.3) is 0 Å². The van der Waals surface area contributed by atoms with Gasteiger partial charge in [0.2, 0.25) is 11.9 Å². The zero-order valence-electron chi connectivity index (χ0n) is 15.7. The standard InChI is InChI=1S/C18H22N10O/c1-11(26-28-17(21)22)13-4-8-15(9-5-13)25-18(29)24-14-6-2-12(3-7-14)10-23-27-16(19)20/h2-10H,1H3,(H4,19,20,27)(H4,21,22,28)(H2,24,25,29). The molecule has 0 aliphatic rings. The maximum atomic E-state index is 12.1. The van der Waals surface area contributed by atoms with E-state index in [0.717, 1.165) is 11.1 Å². The molecule has 0 aliphatic heterocycles. The Morgan fingerprint density at radius 1 is 0.793 bits per heavy atom. The topological polar surface area (TPSA) is 195 Å². The molecule has 0 aromatic heterocycles. The highest BCUT2D eigenvalue weighted by atomic mass is 16.2. The first-order valence-electron chi connectivity index (χ1n) is 8.37. The third-order valence-corrected chi connectivity index (χ3v) is 3.42. The van der Waals surface area contributed by atoms with E-state index in [1.54, 1.807) is 55.5 Å². The van der Waals surface area contributed by atoms with Crippen molar-refractivity contribution in [2.75, 3.05) is 10.6 Å². The molecule has 11 heteroatoms. The van der Waals surface area contributed by atoms with Crippen LogP contribution in [-0.2, 0) is 0 Å². The SMILES string of the molecule is CC(=NN=C(N)N)c1ccc(NC(=O)Nc2ccc(C=NN=C(N)N)cc2)cc1. The number of hydrogen-bond acceptors (Lipinski definition) is 5. The monoisotopic (exact) mass is 394 g/mol. The summed E-state index contributed by atoms with van der Waals surface area (Å²) in [5.41, 5.74) is 24.3. The average molecular weight is 394 g/mol. The molecule has 2 rings (SSSR count). The Hall–Kier alpha value is -4.41. The van der Waals surface area contributed by atoms with Crippen molar-refractivity contribution in [3.8, 4) is 0 Å². The zero-order chi connectivity index (χ0) is 21.2. The van der Waals surface area contributed by atoms with Crippen molar-refractivity contribution in [1.29, 1.82) is 0 Å². The summed E-state index contributed by atoms with van der Waals surface area (Å²) in [6.45, 7) is 1.77. The molecule has 0 unspecified atom stereocenters. The lowest BCUT2D eigenvalue weighted by Crippen LogP contribution is -2.22. The smallest absolute Gasteiger partial charge is 0.323 e. The molecule has 0 saturated heterocycles. The van der Waals surface area contributed by atoms with Gasteiger partial charge in [0, 0.05) is 11.4 Å². The highest BCUT2D eigenvalue weighted by Gasteiger charge is 2.04. The highest BCUT2D eigenvalue weighted by Crippen LogP contribution is 2.13. The molecule has 0 heterocycles. The molecule has 10 N–H and O–H groups in total. The van der Waals surface area contributed by atoms with Gasteiger partial charge in [-0.1, -0.05) is 24.3 Å². The lowest BCUT2D eigenvalue weighted by atomic mass is 10.1. The number of nitrogens with one attached hydrogen (secondary N) is 2. The molecule has 2 amide bonds. The Labute approximate surface area is 167 Å². The van der Waals surface area contributed by atoms with E-state index in [2.05, 4.69) is 31.0 Å². The van der Waals surface area contributed by atoms with Crippen LogP contribution in [0.2, 0.25) is 0 Å². The number of rotatable bonds is 6. The predicted octanol–water partition coefficient (Wildman–Crippen LogP) is 0.935. The van der Waals surface area contributed by atoms with Gasteiger partial charge in [0.05, 0.1) is 11.9 Å². The summed E-state index contributed by atoms with van der Waals surface area (Å²) in [5, 5.41) is 20.2. The largest absolute Gasteiger partial charge is 0.369 e. The lowest BCUT2D eigenvalue weighted by Gasteiger charge is -2.08. The molecule has 0 aliphatic carbocycles. The molecule has 2 aromatic carbocycles. The Morgan fingerprint density at radius 2 is 1.31 bits per heavy atom. The molecular formula is C18H22N10O. The Bertz CT molecular complexity index is 951. The van der Waals surface area contributed by atoms with Gasteiger partial charge in [-0.05, 0) is 42.3 Å². The molecule has 0 atom stereocenters. The van der Waals surface area contributed by atoms with Crippen molar-refractivity contribution in [2.45, 2.75) is 6.92 Å². The van der Waals surface area contributed by atoms with Crippen LogP contribution in [0, 0.1) is 0 Å². The van der Waals surface area contributed by atoms with Gasteiger partial charge in [-0.25, -0.2) is 4.79 Å². The lowest BCUT2D eigenvalue weighted by molar-refractivity contribution is 0.262. The number of nitrogens with two attached hydrogens (primary N) is 4. The Balaban J connectivity index is 1.93. The van der Waals surface area contributed by atoms with Crippen molar-refractivity contribution in [3.63, 3.8) is 0 Å². The molecule has 0 spiro atoms. The summed E-state index contributed by atoms with van der Waals surface area (Å²) in [5.74, 6) is -0.242. The van der Waals surface area contributed by atoms with Gasteiger partial charge in [0.1, 0.15) is 0 Å². The second kappa shape index (κ2) is 10.1. The summed E-state index contributed by atoms with van der Waals surface area (Å²) in [7, 11) is 0. The van der Waals surface area contributed by atoms with Crippen LogP contribution >= 0.6 is 0 Å². The normalized spacial score (nSPS) is 11.0. The first-order valence-corrected chi connectivity index (χ1v) is 8.37. The quantitative estimate of drug-likeness (QED) is 0.240. The van der Waals surface area contributed by atoms with E-state index in [1.807, 2.05) is 0 Å². The minimum Gasteiger partial charge on any atom is -0.369 e. The first kappa shape index (κ1) is 20.9. The highest BCUT2D eigenvalue weighted by molar-refractivity contribution is 6.01. The summed E-state index contributed by atoms with van der Waals surface area (Å²) in [6.07, 6.45) is 1.49. The zero-order valence-corrected chi connectivity index (χ0v) is 15.7. The van der Waals surface area contributed by atoms with E-state index in [1.165, 1.54) is 6.21 Å². The van der Waals surface area contributed by atoms with Gasteiger partial charge < -0.3 is 33.6 Å². The Kier molecular flexibility index (Phi) is 7.25. The van der Waals surface area contributed by atoms with E-state index in [9.17, 15) is 4.79 Å². The summed E-state index contributed by atoms with van der Waals surface area (Å²) >= 11 is 0. The minimum atomic E-state index is -0.384. The average Bonchev–Trinajstić information content (AvgIpc) is 2.67.